The van der Waals surface area contributed by atoms with Crippen LogP contribution in [0.25, 0.3) is 0 Å². The van der Waals surface area contributed by atoms with Gasteiger partial charge in [-0.3, -0.25) is 14.2 Å². The number of Topliss-reactive ketones (excluding diaryl/α,β-unsaturated/α-hetero) is 1. The zero-order valence-corrected chi connectivity index (χ0v) is 17.2. The second-order valence-corrected chi connectivity index (χ2v) is 9.39. The number of thiazole rings is 1. The number of thioether (sulfide) groups is 1. The zero-order chi connectivity index (χ0) is 19.3. The number of aromatic nitrogens is 1. The van der Waals surface area contributed by atoms with Crippen LogP contribution in [0, 0.1) is 5.92 Å². The molecule has 2 aromatic carbocycles. The Balaban J connectivity index is 1.53. The van der Waals surface area contributed by atoms with Gasteiger partial charge >= 0.3 is 4.87 Å². The number of hydrogen-bond donors (Lipinski definition) is 0. The predicted octanol–water partition coefficient (Wildman–Crippen LogP) is 4.69. The van der Waals surface area contributed by atoms with Crippen molar-refractivity contribution >= 4 is 40.5 Å². The van der Waals surface area contributed by atoms with Crippen LogP contribution in [0.4, 0.5) is 0 Å². The third-order valence-electron chi connectivity index (χ3n) is 5.24. The van der Waals surface area contributed by atoms with E-state index >= 15 is 0 Å². The summed E-state index contributed by atoms with van der Waals surface area (Å²) in [6.07, 6.45) is 0. The molecule has 0 amide bonds. The lowest BCUT2D eigenvalue weighted by Crippen LogP contribution is -2.31. The summed E-state index contributed by atoms with van der Waals surface area (Å²) in [6.45, 7) is 0.707. The van der Waals surface area contributed by atoms with Crippen LogP contribution in [0.15, 0.2) is 58.4 Å². The van der Waals surface area contributed by atoms with Crippen molar-refractivity contribution in [3.8, 4) is 5.75 Å². The maximum Gasteiger partial charge on any atom is 0.308 e. The lowest BCUT2D eigenvalue weighted by molar-refractivity contribution is 0.0968. The average molecular weight is 430 g/mol. The number of benzene rings is 2. The number of ketones is 1. The molecular formula is C21H16ClNO3S2. The van der Waals surface area contributed by atoms with Crippen molar-refractivity contribution in [1.82, 2.24) is 4.57 Å². The summed E-state index contributed by atoms with van der Waals surface area (Å²) in [4.78, 5) is 26.5. The zero-order valence-electron chi connectivity index (χ0n) is 14.8. The van der Waals surface area contributed by atoms with Crippen molar-refractivity contribution in [3.05, 3.63) is 79.2 Å². The minimum absolute atomic E-state index is 0.0504. The van der Waals surface area contributed by atoms with Gasteiger partial charge in [0.25, 0.3) is 0 Å². The molecule has 0 spiro atoms. The molecule has 0 bridgehead atoms. The van der Waals surface area contributed by atoms with E-state index in [2.05, 4.69) is 6.07 Å². The van der Waals surface area contributed by atoms with Gasteiger partial charge in [0.15, 0.2) is 5.78 Å². The molecule has 3 heterocycles. The highest BCUT2D eigenvalue weighted by Gasteiger charge is 2.39. The van der Waals surface area contributed by atoms with Crippen LogP contribution in [-0.4, -0.2) is 22.7 Å². The molecule has 0 fully saturated rings. The van der Waals surface area contributed by atoms with Crippen molar-refractivity contribution in [2.75, 3.05) is 12.4 Å². The minimum atomic E-state index is -0.0885. The summed E-state index contributed by atoms with van der Waals surface area (Å²) >= 11 is 8.83. The molecule has 2 atom stereocenters. The van der Waals surface area contributed by atoms with Gasteiger partial charge < -0.3 is 4.74 Å². The maximum atomic E-state index is 12.8. The van der Waals surface area contributed by atoms with Gasteiger partial charge in [0.2, 0.25) is 0 Å². The molecule has 28 heavy (non-hydrogen) atoms. The highest BCUT2D eigenvalue weighted by atomic mass is 35.5. The number of para-hydroxylation sites is 1. The molecule has 0 radical (unpaired) electrons. The highest BCUT2D eigenvalue weighted by Crippen LogP contribution is 2.50. The first-order valence-electron chi connectivity index (χ1n) is 8.98. The normalized spacial score (nSPS) is 19.9. The molecule has 142 valence electrons. The Labute approximate surface area is 175 Å². The van der Waals surface area contributed by atoms with E-state index in [9.17, 15) is 9.59 Å². The Morgan fingerprint density at radius 1 is 1.18 bits per heavy atom. The van der Waals surface area contributed by atoms with Crippen LogP contribution in [0.2, 0.25) is 5.02 Å². The van der Waals surface area contributed by atoms with Crippen molar-refractivity contribution < 1.29 is 9.53 Å². The van der Waals surface area contributed by atoms with Crippen LogP contribution < -0.4 is 9.61 Å². The maximum absolute atomic E-state index is 12.8. The fourth-order valence-corrected chi connectivity index (χ4v) is 6.68. The van der Waals surface area contributed by atoms with Gasteiger partial charge in [0.1, 0.15) is 5.75 Å². The van der Waals surface area contributed by atoms with Crippen molar-refractivity contribution in [2.45, 2.75) is 17.5 Å². The molecule has 2 aliphatic rings. The Bertz CT molecular complexity index is 1120. The molecule has 4 nitrogen and oxygen atoms in total. The molecular weight excluding hydrogens is 414 g/mol. The first-order chi connectivity index (χ1) is 13.6. The molecule has 5 rings (SSSR count). The van der Waals surface area contributed by atoms with Crippen LogP contribution in [-0.2, 0) is 6.54 Å². The quantitative estimate of drug-likeness (QED) is 0.566. The predicted molar refractivity (Wildman–Crippen MR) is 112 cm³/mol. The van der Waals surface area contributed by atoms with Gasteiger partial charge in [0.05, 0.1) is 18.2 Å². The molecule has 0 unspecified atom stereocenters. The largest absolute Gasteiger partial charge is 0.493 e. The van der Waals surface area contributed by atoms with Gasteiger partial charge in [-0.2, -0.15) is 0 Å². The van der Waals surface area contributed by atoms with E-state index in [1.54, 1.807) is 40.6 Å². The van der Waals surface area contributed by atoms with E-state index in [1.165, 1.54) is 11.3 Å². The van der Waals surface area contributed by atoms with Gasteiger partial charge in [-0.05, 0) is 30.3 Å². The van der Waals surface area contributed by atoms with E-state index in [0.717, 1.165) is 27.0 Å². The van der Waals surface area contributed by atoms with Crippen molar-refractivity contribution in [1.29, 1.82) is 0 Å². The number of carbonyl (C=O) groups excluding carboxylic acids is 1. The van der Waals surface area contributed by atoms with Gasteiger partial charge in [0, 0.05) is 38.6 Å². The molecule has 0 saturated heterocycles. The lowest BCUT2D eigenvalue weighted by Gasteiger charge is -2.36. The van der Waals surface area contributed by atoms with Gasteiger partial charge in [-0.1, -0.05) is 41.1 Å². The molecule has 3 aromatic rings. The molecule has 0 saturated carbocycles. The number of halogens is 1. The number of ether oxygens (including phenoxy) is 1. The number of carbonyl (C=O) groups is 1. The SMILES string of the molecule is O=C(Cn1c2c(sc1=O)[C@@H]1c3ccccc3OC[C@@H]1CS2)c1ccc(Cl)cc1. The highest BCUT2D eigenvalue weighted by molar-refractivity contribution is 7.99. The lowest BCUT2D eigenvalue weighted by atomic mass is 9.84. The van der Waals surface area contributed by atoms with E-state index in [4.69, 9.17) is 16.3 Å². The summed E-state index contributed by atoms with van der Waals surface area (Å²) in [5.41, 5.74) is 1.70. The first kappa shape index (κ1) is 18.0. The van der Waals surface area contributed by atoms with E-state index < -0.39 is 0 Å². The summed E-state index contributed by atoms with van der Waals surface area (Å²) in [5.74, 6) is 2.18. The average Bonchev–Trinajstić information content (AvgIpc) is 3.03. The van der Waals surface area contributed by atoms with Gasteiger partial charge in [-0.15, -0.1) is 11.8 Å². The third kappa shape index (κ3) is 3.00. The standard InChI is InChI=1S/C21H16ClNO3S2/c22-14-7-5-12(6-8-14)16(24)9-23-20-19(28-21(23)25)18-13(11-27-20)10-26-17-4-2-1-3-15(17)18/h1-8,13,18H,9-11H2/t13-,18+/m1/s1. The second kappa shape index (κ2) is 7.10. The Kier molecular flexibility index (Phi) is 4.57. The van der Waals surface area contributed by atoms with Crippen LogP contribution >= 0.6 is 34.7 Å². The third-order valence-corrected chi connectivity index (χ3v) is 7.99. The summed E-state index contributed by atoms with van der Waals surface area (Å²) in [5, 5.41) is 1.51. The fraction of sp³-hybridized carbons (Fsp3) is 0.238. The second-order valence-electron chi connectivity index (χ2n) is 6.95. The number of hydrogen-bond acceptors (Lipinski definition) is 5. The van der Waals surface area contributed by atoms with Crippen molar-refractivity contribution in [3.63, 3.8) is 0 Å². The fourth-order valence-electron chi connectivity index (χ4n) is 3.86. The van der Waals surface area contributed by atoms with Crippen molar-refractivity contribution in [2.24, 2.45) is 5.92 Å². The van der Waals surface area contributed by atoms with E-state index in [-0.39, 0.29) is 23.1 Å². The molecule has 0 aliphatic carbocycles. The smallest absolute Gasteiger partial charge is 0.308 e. The van der Waals surface area contributed by atoms with Crippen LogP contribution in [0.1, 0.15) is 26.7 Å². The molecule has 0 N–H and O–H groups in total. The Morgan fingerprint density at radius 2 is 1.96 bits per heavy atom. The van der Waals surface area contributed by atoms with E-state index in [1.807, 2.05) is 18.2 Å². The van der Waals surface area contributed by atoms with Gasteiger partial charge in [-0.25, -0.2) is 0 Å². The number of nitrogens with zero attached hydrogens (tertiary/aromatic N) is 1. The summed E-state index contributed by atoms with van der Waals surface area (Å²) < 4.78 is 7.55. The van der Waals surface area contributed by atoms with Crippen LogP contribution in [0.5, 0.6) is 5.75 Å². The summed E-state index contributed by atoms with van der Waals surface area (Å²) in [6, 6.07) is 14.8. The Morgan fingerprint density at radius 3 is 2.79 bits per heavy atom. The van der Waals surface area contributed by atoms with Crippen LogP contribution in [0.3, 0.4) is 0 Å². The molecule has 7 heteroatoms. The molecule has 1 aromatic heterocycles. The number of rotatable bonds is 3. The minimum Gasteiger partial charge on any atom is -0.493 e. The first-order valence-corrected chi connectivity index (χ1v) is 11.2. The monoisotopic (exact) mass is 429 g/mol. The topological polar surface area (TPSA) is 48.3 Å². The Hall–Kier alpha value is -2.02. The molecule has 2 aliphatic heterocycles. The number of fused-ring (bicyclic) bond motifs is 5. The van der Waals surface area contributed by atoms with E-state index in [0.29, 0.717) is 23.1 Å². The summed E-state index contributed by atoms with van der Waals surface area (Å²) in [7, 11) is 0.